The molecule has 0 saturated heterocycles. The molecule has 2 rings (SSSR count). The molecule has 23 heavy (non-hydrogen) atoms. The third-order valence-electron chi connectivity index (χ3n) is 5.16. The highest BCUT2D eigenvalue weighted by molar-refractivity contribution is 5.88. The number of amides is 1. The Kier molecular flexibility index (Phi) is 5.32. The number of nitrogens with two attached hydrogens (primary N) is 1. The van der Waals surface area contributed by atoms with Crippen molar-refractivity contribution in [1.82, 2.24) is 5.32 Å². The van der Waals surface area contributed by atoms with Gasteiger partial charge in [-0.15, -0.1) is 0 Å². The summed E-state index contributed by atoms with van der Waals surface area (Å²) in [5.74, 6) is -0.0834. The van der Waals surface area contributed by atoms with Crippen molar-refractivity contribution >= 4 is 11.6 Å². The first-order valence-corrected chi connectivity index (χ1v) is 8.28. The van der Waals surface area contributed by atoms with Crippen molar-refractivity contribution < 1.29 is 9.53 Å². The van der Waals surface area contributed by atoms with Crippen molar-refractivity contribution in [2.45, 2.75) is 38.8 Å². The van der Waals surface area contributed by atoms with Crippen LogP contribution in [-0.4, -0.2) is 44.3 Å². The Morgan fingerprint density at radius 2 is 2.04 bits per heavy atom. The van der Waals surface area contributed by atoms with Gasteiger partial charge in [0.15, 0.2) is 0 Å². The van der Waals surface area contributed by atoms with Crippen LogP contribution in [-0.2, 0) is 9.53 Å². The Morgan fingerprint density at radius 1 is 1.39 bits per heavy atom. The summed E-state index contributed by atoms with van der Waals surface area (Å²) in [6.45, 7) is 7.93. The van der Waals surface area contributed by atoms with Gasteiger partial charge in [-0.05, 0) is 19.1 Å². The Bertz CT molecular complexity index is 532. The van der Waals surface area contributed by atoms with Crippen LogP contribution in [0.4, 0.5) is 5.69 Å². The molecule has 128 valence electrons. The predicted octanol–water partition coefficient (Wildman–Crippen LogP) is 1.77. The van der Waals surface area contributed by atoms with Crippen molar-refractivity contribution in [2.24, 2.45) is 11.1 Å². The molecule has 1 aliphatic rings. The number of benzene rings is 1. The predicted molar refractivity (Wildman–Crippen MR) is 93.5 cm³/mol. The molecular formula is C18H29N3O2. The summed E-state index contributed by atoms with van der Waals surface area (Å²) in [4.78, 5) is 14.6. The molecule has 5 nitrogen and oxygen atoms in total. The Labute approximate surface area is 139 Å². The van der Waals surface area contributed by atoms with Gasteiger partial charge in [0.2, 0.25) is 5.91 Å². The first-order valence-electron chi connectivity index (χ1n) is 8.28. The molecule has 1 amide bonds. The molecule has 1 aliphatic carbocycles. The number of nitrogens with zero attached hydrogens (tertiary/aromatic N) is 1. The van der Waals surface area contributed by atoms with Crippen LogP contribution in [0.15, 0.2) is 30.3 Å². The van der Waals surface area contributed by atoms with Crippen LogP contribution in [0, 0.1) is 5.41 Å². The second kappa shape index (κ2) is 6.89. The molecule has 0 aliphatic heterocycles. The Hall–Kier alpha value is -1.59. The van der Waals surface area contributed by atoms with Gasteiger partial charge in [-0.1, -0.05) is 32.0 Å². The average Bonchev–Trinajstić information content (AvgIpc) is 2.55. The summed E-state index contributed by atoms with van der Waals surface area (Å²) in [5, 5.41) is 2.98. The molecular weight excluding hydrogens is 290 g/mol. The van der Waals surface area contributed by atoms with Crippen molar-refractivity contribution in [3.05, 3.63) is 30.3 Å². The highest BCUT2D eigenvalue weighted by atomic mass is 16.5. The average molecular weight is 319 g/mol. The van der Waals surface area contributed by atoms with E-state index >= 15 is 0 Å². The lowest BCUT2D eigenvalue weighted by Crippen LogP contribution is -2.75. The van der Waals surface area contributed by atoms with Crippen LogP contribution in [0.1, 0.15) is 27.2 Å². The van der Waals surface area contributed by atoms with Crippen molar-refractivity contribution in [2.75, 3.05) is 31.6 Å². The molecule has 5 heteroatoms. The minimum Gasteiger partial charge on any atom is -0.378 e. The van der Waals surface area contributed by atoms with Gasteiger partial charge in [-0.25, -0.2) is 0 Å². The molecule has 1 aromatic rings. The van der Waals surface area contributed by atoms with Crippen LogP contribution < -0.4 is 16.0 Å². The van der Waals surface area contributed by atoms with E-state index in [1.54, 1.807) is 0 Å². The summed E-state index contributed by atoms with van der Waals surface area (Å²) < 4.78 is 5.67. The molecule has 0 spiro atoms. The zero-order valence-electron chi connectivity index (χ0n) is 14.6. The molecule has 0 radical (unpaired) electrons. The Balaban J connectivity index is 1.84. The molecule has 1 fully saturated rings. The number of hydrogen-bond acceptors (Lipinski definition) is 4. The van der Waals surface area contributed by atoms with Crippen LogP contribution in [0.5, 0.6) is 0 Å². The second-order valence-corrected chi connectivity index (χ2v) is 6.85. The maximum atomic E-state index is 12.5. The van der Waals surface area contributed by atoms with Gasteiger partial charge >= 0.3 is 0 Å². The molecule has 0 aromatic heterocycles. The SMILES string of the molecule is CCOC1CC(N)(C(=O)NCCN(C)c2ccccc2)C1(C)C. The topological polar surface area (TPSA) is 67.6 Å². The first kappa shape index (κ1) is 17.8. The van der Waals surface area contributed by atoms with Gasteiger partial charge in [-0.3, -0.25) is 4.79 Å². The number of likely N-dealkylation sites (N-methyl/N-ethyl adjacent to an activating group) is 1. The first-order chi connectivity index (χ1) is 10.8. The maximum Gasteiger partial charge on any atom is 0.240 e. The van der Waals surface area contributed by atoms with Crippen LogP contribution >= 0.6 is 0 Å². The third-order valence-corrected chi connectivity index (χ3v) is 5.16. The largest absolute Gasteiger partial charge is 0.378 e. The molecule has 3 N–H and O–H groups in total. The lowest BCUT2D eigenvalue weighted by atomic mass is 9.54. The highest BCUT2D eigenvalue weighted by Crippen LogP contribution is 2.49. The number of anilines is 1. The lowest BCUT2D eigenvalue weighted by Gasteiger charge is -2.57. The number of hydrogen-bond donors (Lipinski definition) is 2. The van der Waals surface area contributed by atoms with Crippen LogP contribution in [0.3, 0.4) is 0 Å². The smallest absolute Gasteiger partial charge is 0.240 e. The molecule has 0 heterocycles. The summed E-state index contributed by atoms with van der Waals surface area (Å²) in [7, 11) is 2.01. The van der Waals surface area contributed by atoms with E-state index in [-0.39, 0.29) is 17.4 Å². The Morgan fingerprint density at radius 3 is 2.61 bits per heavy atom. The van der Waals surface area contributed by atoms with Crippen LogP contribution in [0.25, 0.3) is 0 Å². The van der Waals surface area contributed by atoms with E-state index in [9.17, 15) is 4.79 Å². The van der Waals surface area contributed by atoms with Crippen molar-refractivity contribution in [3.63, 3.8) is 0 Å². The zero-order chi connectivity index (χ0) is 17.1. The van der Waals surface area contributed by atoms with Gasteiger partial charge in [0.05, 0.1) is 6.10 Å². The monoisotopic (exact) mass is 319 g/mol. The standard InChI is InChI=1S/C18H29N3O2/c1-5-23-15-13-18(19,17(15,2)3)16(22)20-11-12-21(4)14-9-7-6-8-10-14/h6-10,15H,5,11-13,19H2,1-4H3,(H,20,22). The van der Waals surface area contributed by atoms with E-state index in [1.165, 1.54) is 0 Å². The molecule has 2 unspecified atom stereocenters. The van der Waals surface area contributed by atoms with Gasteiger partial charge in [0.1, 0.15) is 5.54 Å². The number of nitrogens with one attached hydrogen (secondary N) is 1. The fourth-order valence-electron chi connectivity index (χ4n) is 3.13. The fourth-order valence-corrected chi connectivity index (χ4v) is 3.13. The van der Waals surface area contributed by atoms with Crippen molar-refractivity contribution in [3.8, 4) is 0 Å². The number of para-hydroxylation sites is 1. The van der Waals surface area contributed by atoms with E-state index in [0.29, 0.717) is 19.6 Å². The summed E-state index contributed by atoms with van der Waals surface area (Å²) in [5.41, 5.74) is 6.30. The summed E-state index contributed by atoms with van der Waals surface area (Å²) in [6.07, 6.45) is 0.629. The van der Waals surface area contributed by atoms with Gasteiger partial charge in [0, 0.05) is 44.3 Å². The number of carbonyl (C=O) groups excluding carboxylic acids is 1. The minimum absolute atomic E-state index is 0.0512. The van der Waals surface area contributed by atoms with Gasteiger partial charge in [-0.2, -0.15) is 0 Å². The van der Waals surface area contributed by atoms with E-state index < -0.39 is 5.54 Å². The normalized spacial score (nSPS) is 25.5. The van der Waals surface area contributed by atoms with Crippen molar-refractivity contribution in [1.29, 1.82) is 0 Å². The molecule has 1 aromatic carbocycles. The second-order valence-electron chi connectivity index (χ2n) is 6.85. The third kappa shape index (κ3) is 3.35. The quantitative estimate of drug-likeness (QED) is 0.804. The van der Waals surface area contributed by atoms with E-state index in [1.807, 2.05) is 58.2 Å². The number of ether oxygens (including phenoxy) is 1. The molecule has 0 bridgehead atoms. The van der Waals surface area contributed by atoms with E-state index in [2.05, 4.69) is 10.2 Å². The highest BCUT2D eigenvalue weighted by Gasteiger charge is 2.62. The minimum atomic E-state index is -0.849. The zero-order valence-corrected chi connectivity index (χ0v) is 14.6. The number of rotatable bonds is 7. The van der Waals surface area contributed by atoms with E-state index in [4.69, 9.17) is 10.5 Å². The van der Waals surface area contributed by atoms with Gasteiger partial charge in [0.25, 0.3) is 0 Å². The van der Waals surface area contributed by atoms with Gasteiger partial charge < -0.3 is 20.7 Å². The molecule has 2 atom stereocenters. The lowest BCUT2D eigenvalue weighted by molar-refractivity contribution is -0.170. The summed E-state index contributed by atoms with van der Waals surface area (Å²) >= 11 is 0. The number of carbonyl (C=O) groups is 1. The fraction of sp³-hybridized carbons (Fsp3) is 0.611. The van der Waals surface area contributed by atoms with Crippen LogP contribution in [0.2, 0.25) is 0 Å². The molecule has 1 saturated carbocycles. The van der Waals surface area contributed by atoms with E-state index in [0.717, 1.165) is 12.2 Å². The summed E-state index contributed by atoms with van der Waals surface area (Å²) in [6, 6.07) is 10.1. The maximum absolute atomic E-state index is 12.5.